The van der Waals surface area contributed by atoms with Crippen LogP contribution < -0.4 is 9.64 Å². The molecule has 1 aromatic rings. The predicted octanol–water partition coefficient (Wildman–Crippen LogP) is 0.413. The van der Waals surface area contributed by atoms with Gasteiger partial charge < -0.3 is 14.7 Å². The van der Waals surface area contributed by atoms with E-state index in [0.717, 1.165) is 12.3 Å². The Bertz CT molecular complexity index is 331. The molecule has 1 aliphatic heterocycles. The van der Waals surface area contributed by atoms with E-state index in [-0.39, 0.29) is 6.10 Å². The molecule has 2 rings (SSSR count). The summed E-state index contributed by atoms with van der Waals surface area (Å²) in [5, 5.41) is 9.88. The van der Waals surface area contributed by atoms with Gasteiger partial charge in [-0.15, -0.1) is 0 Å². The van der Waals surface area contributed by atoms with Crippen molar-refractivity contribution in [2.45, 2.75) is 25.9 Å². The van der Waals surface area contributed by atoms with Crippen LogP contribution in [0, 0.1) is 6.92 Å². The van der Waals surface area contributed by atoms with Gasteiger partial charge in [0.1, 0.15) is 25.0 Å². The molecule has 1 aromatic carbocycles. The molecule has 1 atom stereocenters. The number of hydrogen-bond acceptors (Lipinski definition) is 2. The lowest BCUT2D eigenvalue weighted by Crippen LogP contribution is -3.11. The molecule has 0 bridgehead atoms. The van der Waals surface area contributed by atoms with E-state index >= 15 is 0 Å². The number of aliphatic hydroxyl groups is 1. The minimum absolute atomic E-state index is 0.357. The third-order valence-corrected chi connectivity index (χ3v) is 3.30. The molecule has 0 aromatic heterocycles. The Morgan fingerprint density at radius 1 is 1.24 bits per heavy atom. The molecule has 0 radical (unpaired) electrons. The Balaban J connectivity index is 1.71. The van der Waals surface area contributed by atoms with Crippen molar-refractivity contribution in [2.24, 2.45) is 0 Å². The lowest BCUT2D eigenvalue weighted by Gasteiger charge is -2.17. The molecule has 1 unspecified atom stereocenters. The first-order valence-corrected chi connectivity index (χ1v) is 6.45. The first-order chi connectivity index (χ1) is 8.24. The number of ether oxygens (including phenoxy) is 1. The van der Waals surface area contributed by atoms with Gasteiger partial charge in [-0.3, -0.25) is 0 Å². The number of aryl methyl sites for hydroxylation is 1. The predicted molar refractivity (Wildman–Crippen MR) is 67.5 cm³/mol. The Kier molecular flexibility index (Phi) is 4.40. The molecular formula is C14H22NO2+. The molecule has 1 saturated heterocycles. The standard InChI is InChI=1S/C14H21NO2/c1-12-4-6-14(7-5-12)17-11-13(16)10-15-8-2-3-9-15/h4-7,13,16H,2-3,8-11H2,1H3/p+1. The first kappa shape index (κ1) is 12.4. The van der Waals surface area contributed by atoms with Crippen molar-refractivity contribution >= 4 is 0 Å². The fourth-order valence-electron chi connectivity index (χ4n) is 2.30. The molecule has 3 nitrogen and oxygen atoms in total. The molecule has 0 spiro atoms. The number of nitrogens with one attached hydrogen (secondary N) is 1. The summed E-state index contributed by atoms with van der Waals surface area (Å²) >= 11 is 0. The summed E-state index contributed by atoms with van der Waals surface area (Å²) in [6.07, 6.45) is 2.23. The number of rotatable bonds is 5. The monoisotopic (exact) mass is 236 g/mol. The minimum atomic E-state index is -0.357. The van der Waals surface area contributed by atoms with Crippen LogP contribution in [0.1, 0.15) is 18.4 Å². The SMILES string of the molecule is Cc1ccc(OCC(O)C[NH+]2CCCC2)cc1. The number of aliphatic hydroxyl groups excluding tert-OH is 1. The number of likely N-dealkylation sites (tertiary alicyclic amines) is 1. The van der Waals surface area contributed by atoms with Crippen LogP contribution in [0.2, 0.25) is 0 Å². The van der Waals surface area contributed by atoms with Gasteiger partial charge in [0.15, 0.2) is 0 Å². The van der Waals surface area contributed by atoms with Gasteiger partial charge >= 0.3 is 0 Å². The second-order valence-electron chi connectivity index (χ2n) is 4.94. The maximum atomic E-state index is 9.88. The van der Waals surface area contributed by atoms with Gasteiger partial charge in [-0.2, -0.15) is 0 Å². The maximum absolute atomic E-state index is 9.88. The summed E-state index contributed by atoms with van der Waals surface area (Å²) in [4.78, 5) is 1.50. The zero-order chi connectivity index (χ0) is 12.1. The normalized spacial score (nSPS) is 18.2. The highest BCUT2D eigenvalue weighted by Gasteiger charge is 2.19. The zero-order valence-electron chi connectivity index (χ0n) is 10.5. The van der Waals surface area contributed by atoms with Gasteiger partial charge in [0, 0.05) is 12.8 Å². The Morgan fingerprint density at radius 2 is 1.88 bits per heavy atom. The fourth-order valence-corrected chi connectivity index (χ4v) is 2.30. The van der Waals surface area contributed by atoms with Crippen LogP contribution >= 0.6 is 0 Å². The Morgan fingerprint density at radius 3 is 2.53 bits per heavy atom. The highest BCUT2D eigenvalue weighted by atomic mass is 16.5. The van der Waals surface area contributed by atoms with Gasteiger partial charge in [0.25, 0.3) is 0 Å². The van der Waals surface area contributed by atoms with Crippen LogP contribution in [0.3, 0.4) is 0 Å². The molecule has 1 heterocycles. The smallest absolute Gasteiger partial charge is 0.137 e. The molecule has 94 valence electrons. The largest absolute Gasteiger partial charge is 0.491 e. The molecule has 1 fully saturated rings. The number of benzene rings is 1. The molecule has 0 amide bonds. The van der Waals surface area contributed by atoms with Gasteiger partial charge in [0.2, 0.25) is 0 Å². The number of quaternary nitrogens is 1. The summed E-state index contributed by atoms with van der Waals surface area (Å²) in [5.74, 6) is 0.839. The molecule has 0 aliphatic carbocycles. The first-order valence-electron chi connectivity index (χ1n) is 6.45. The van der Waals surface area contributed by atoms with Gasteiger partial charge in [-0.25, -0.2) is 0 Å². The Hall–Kier alpha value is -1.06. The fraction of sp³-hybridized carbons (Fsp3) is 0.571. The van der Waals surface area contributed by atoms with E-state index in [9.17, 15) is 5.11 Å². The van der Waals surface area contributed by atoms with E-state index in [0.29, 0.717) is 6.61 Å². The Labute approximate surface area is 103 Å². The van der Waals surface area contributed by atoms with E-state index in [1.165, 1.54) is 36.4 Å². The highest BCUT2D eigenvalue weighted by Crippen LogP contribution is 2.11. The molecule has 3 heteroatoms. The molecule has 1 aliphatic rings. The molecular weight excluding hydrogens is 214 g/mol. The van der Waals surface area contributed by atoms with E-state index in [4.69, 9.17) is 4.74 Å². The molecule has 2 N–H and O–H groups in total. The van der Waals surface area contributed by atoms with E-state index in [2.05, 4.69) is 6.92 Å². The lowest BCUT2D eigenvalue weighted by atomic mass is 10.2. The molecule has 17 heavy (non-hydrogen) atoms. The highest BCUT2D eigenvalue weighted by molar-refractivity contribution is 5.26. The average Bonchev–Trinajstić information content (AvgIpc) is 2.81. The van der Waals surface area contributed by atoms with Crippen LogP contribution in [0.5, 0.6) is 5.75 Å². The zero-order valence-corrected chi connectivity index (χ0v) is 10.5. The van der Waals surface area contributed by atoms with E-state index in [1.807, 2.05) is 24.3 Å². The summed E-state index contributed by atoms with van der Waals surface area (Å²) in [6.45, 7) is 5.65. The lowest BCUT2D eigenvalue weighted by molar-refractivity contribution is -0.890. The van der Waals surface area contributed by atoms with Crippen molar-refractivity contribution in [3.05, 3.63) is 29.8 Å². The summed E-state index contributed by atoms with van der Waals surface area (Å²) < 4.78 is 5.57. The van der Waals surface area contributed by atoms with Crippen LogP contribution in [0.25, 0.3) is 0 Å². The van der Waals surface area contributed by atoms with Crippen LogP contribution in [-0.4, -0.2) is 37.5 Å². The van der Waals surface area contributed by atoms with Crippen LogP contribution in [0.4, 0.5) is 0 Å². The number of hydrogen-bond donors (Lipinski definition) is 2. The second kappa shape index (κ2) is 6.03. The van der Waals surface area contributed by atoms with Gasteiger partial charge in [-0.05, 0) is 19.1 Å². The van der Waals surface area contributed by atoms with Crippen molar-refractivity contribution in [2.75, 3.05) is 26.2 Å². The minimum Gasteiger partial charge on any atom is -0.491 e. The van der Waals surface area contributed by atoms with E-state index in [1.54, 1.807) is 0 Å². The summed E-state index contributed by atoms with van der Waals surface area (Å²) in [6, 6.07) is 7.94. The van der Waals surface area contributed by atoms with Crippen molar-refractivity contribution in [3.8, 4) is 5.75 Å². The maximum Gasteiger partial charge on any atom is 0.137 e. The van der Waals surface area contributed by atoms with Crippen molar-refractivity contribution in [3.63, 3.8) is 0 Å². The van der Waals surface area contributed by atoms with E-state index < -0.39 is 0 Å². The van der Waals surface area contributed by atoms with Gasteiger partial charge in [0.05, 0.1) is 13.1 Å². The topological polar surface area (TPSA) is 33.9 Å². The van der Waals surface area contributed by atoms with Crippen molar-refractivity contribution in [1.29, 1.82) is 0 Å². The van der Waals surface area contributed by atoms with Crippen molar-refractivity contribution < 1.29 is 14.7 Å². The van der Waals surface area contributed by atoms with Gasteiger partial charge in [-0.1, -0.05) is 17.7 Å². The third kappa shape index (κ3) is 4.02. The van der Waals surface area contributed by atoms with Crippen LogP contribution in [0.15, 0.2) is 24.3 Å². The van der Waals surface area contributed by atoms with Crippen molar-refractivity contribution in [1.82, 2.24) is 0 Å². The van der Waals surface area contributed by atoms with Crippen LogP contribution in [-0.2, 0) is 0 Å². The summed E-state index contributed by atoms with van der Waals surface area (Å²) in [7, 11) is 0. The average molecular weight is 236 g/mol. The third-order valence-electron chi connectivity index (χ3n) is 3.30. The summed E-state index contributed by atoms with van der Waals surface area (Å²) in [5.41, 5.74) is 1.22. The second-order valence-corrected chi connectivity index (χ2v) is 4.94. The quantitative estimate of drug-likeness (QED) is 0.776. The molecule has 0 saturated carbocycles.